The maximum absolute atomic E-state index is 13.3. The van der Waals surface area contributed by atoms with Crippen LogP contribution in [-0.4, -0.2) is 82.5 Å². The van der Waals surface area contributed by atoms with Gasteiger partial charge in [0.15, 0.2) is 0 Å². The SMILES string of the molecule is C=C1[CH-]CC2O[C@]2(C)CC[C@@H]2[C@@H]1CC2(C)C.C[C-]1C[C@@H](C)[C@@H]2CC[C@]3(C)OO[C@]24[C@H](OC(=O)[C@H](C)[C@H]14)O3.C[C-]1C[C@H]2CN3C(=O)CCC[C@@H]3[C@H]3CCC[N+]([O-])(C1)[C@@H]23.[Y].[Y].[Y]. The molecule has 0 aromatic carbocycles. The minimum atomic E-state index is -0.813. The van der Waals surface area contributed by atoms with Crippen molar-refractivity contribution in [1.29, 1.82) is 0 Å². The Bertz CT molecular complexity index is 1620. The van der Waals surface area contributed by atoms with E-state index in [1.807, 2.05) is 13.8 Å². The first-order valence-electron chi connectivity index (χ1n) is 22.8. The summed E-state index contributed by atoms with van der Waals surface area (Å²) in [4.78, 5) is 38.3. The molecule has 1 amide bonds. The van der Waals surface area contributed by atoms with Gasteiger partial charge in [0.2, 0.25) is 18.0 Å². The van der Waals surface area contributed by atoms with Crippen molar-refractivity contribution >= 4 is 11.9 Å². The van der Waals surface area contributed by atoms with Gasteiger partial charge in [-0.3, -0.25) is 15.5 Å². The van der Waals surface area contributed by atoms with Crippen LogP contribution in [0.25, 0.3) is 0 Å². The minimum Gasteiger partial charge on any atom is -0.634 e. The van der Waals surface area contributed by atoms with E-state index in [9.17, 15) is 14.8 Å². The molecule has 3 radical (unpaired) electrons. The monoisotopic (exact) mass is 1060 g/mol. The van der Waals surface area contributed by atoms with Gasteiger partial charge in [-0.25, -0.2) is 28.3 Å². The van der Waals surface area contributed by atoms with Crippen LogP contribution in [0.4, 0.5) is 0 Å². The van der Waals surface area contributed by atoms with E-state index in [1.54, 1.807) is 0 Å². The van der Waals surface area contributed by atoms with E-state index in [2.05, 4.69) is 59.4 Å². The summed E-state index contributed by atoms with van der Waals surface area (Å²) >= 11 is 0. The topological polar surface area (TPSA) is 110 Å². The van der Waals surface area contributed by atoms with Gasteiger partial charge < -0.3 is 34.9 Å². The van der Waals surface area contributed by atoms with E-state index in [0.29, 0.717) is 41.2 Å². The average Bonchev–Trinajstić information content (AvgIpc) is 3.84. The van der Waals surface area contributed by atoms with Crippen molar-refractivity contribution < 1.29 is 136 Å². The molecule has 0 N–H and O–H groups in total. The van der Waals surface area contributed by atoms with Crippen LogP contribution in [0.2, 0.25) is 0 Å². The summed E-state index contributed by atoms with van der Waals surface area (Å²) in [5.41, 5.74) is 1.42. The van der Waals surface area contributed by atoms with E-state index in [0.717, 1.165) is 95.7 Å². The predicted molar refractivity (Wildman–Crippen MR) is 215 cm³/mol. The van der Waals surface area contributed by atoms with Gasteiger partial charge in [0, 0.05) is 141 Å². The summed E-state index contributed by atoms with van der Waals surface area (Å²) in [6, 6.07) is 0.655. The van der Waals surface area contributed by atoms with Crippen LogP contribution in [-0.2, 0) is 132 Å². The summed E-state index contributed by atoms with van der Waals surface area (Å²) in [5.74, 6) is 5.02. The normalized spacial score (nSPS) is 49.3. The van der Waals surface area contributed by atoms with Crippen LogP contribution in [0.3, 0.4) is 0 Å². The van der Waals surface area contributed by atoms with Crippen molar-refractivity contribution in [3.8, 4) is 0 Å². The van der Waals surface area contributed by atoms with Gasteiger partial charge in [0.05, 0.1) is 24.3 Å². The third-order valence-electron chi connectivity index (χ3n) is 17.5. The van der Waals surface area contributed by atoms with Crippen LogP contribution in [0.1, 0.15) is 139 Å². The van der Waals surface area contributed by atoms with Crippen LogP contribution in [0.15, 0.2) is 12.2 Å². The van der Waals surface area contributed by atoms with Gasteiger partial charge in [-0.05, 0) is 94.9 Å². The molecule has 9 saturated heterocycles. The van der Waals surface area contributed by atoms with Gasteiger partial charge in [-0.1, -0.05) is 40.0 Å². The molecule has 9 heterocycles. The first-order chi connectivity index (χ1) is 26.9. The maximum atomic E-state index is 13.3. The Hall–Kier alpha value is 1.62. The minimum absolute atomic E-state index is 0. The van der Waals surface area contributed by atoms with E-state index in [4.69, 9.17) is 24.0 Å². The third-order valence-corrected chi connectivity index (χ3v) is 17.5. The second-order valence-corrected chi connectivity index (χ2v) is 21.9. The summed E-state index contributed by atoms with van der Waals surface area (Å²) in [6.07, 6.45) is 16.0. The fourth-order valence-corrected chi connectivity index (χ4v) is 14.8. The Morgan fingerprint density at radius 2 is 1.67 bits per heavy atom. The van der Waals surface area contributed by atoms with E-state index < -0.39 is 17.7 Å². The molecule has 0 aromatic rings. The van der Waals surface area contributed by atoms with Crippen molar-refractivity contribution in [2.45, 2.75) is 180 Å². The van der Waals surface area contributed by atoms with E-state index in [-0.39, 0.29) is 138 Å². The number of piperidine rings is 4. The zero-order valence-corrected chi connectivity index (χ0v) is 46.4. The molecule has 3 saturated carbocycles. The Morgan fingerprint density at radius 1 is 0.933 bits per heavy atom. The number of epoxide rings is 1. The number of fused-ring (bicyclic) bond motifs is 6. The molecule has 2 unspecified atom stereocenters. The fourth-order valence-electron chi connectivity index (χ4n) is 14.8. The summed E-state index contributed by atoms with van der Waals surface area (Å²) in [6.45, 7) is 24.1. The van der Waals surface area contributed by atoms with Gasteiger partial charge in [0.25, 0.3) is 0 Å². The zero-order valence-electron chi connectivity index (χ0n) is 37.9. The molecule has 12 aliphatic rings. The van der Waals surface area contributed by atoms with Crippen molar-refractivity contribution in [2.24, 2.45) is 52.8 Å². The van der Waals surface area contributed by atoms with Crippen molar-refractivity contribution in [1.82, 2.24) is 4.90 Å². The van der Waals surface area contributed by atoms with Gasteiger partial charge in [-0.15, -0.1) is 5.92 Å². The summed E-state index contributed by atoms with van der Waals surface area (Å²) < 4.78 is 17.5. The number of quaternary nitrogens is 1. The Morgan fingerprint density at radius 3 is 2.40 bits per heavy atom. The molecule has 12 fully saturated rings. The summed E-state index contributed by atoms with van der Waals surface area (Å²) in [7, 11) is 0. The van der Waals surface area contributed by atoms with Crippen LogP contribution in [0.5, 0.6) is 0 Å². The number of nitrogens with zero attached hydrogens (tertiary/aromatic N) is 2. The van der Waals surface area contributed by atoms with Gasteiger partial charge in [0.1, 0.15) is 5.60 Å². The van der Waals surface area contributed by atoms with Crippen LogP contribution in [0, 0.1) is 76.2 Å². The van der Waals surface area contributed by atoms with Crippen molar-refractivity contribution in [3.63, 3.8) is 0 Å². The number of rotatable bonds is 0. The molecule has 329 valence electrons. The standard InChI is InChI=1S/C16H25N2O2.C16H23O5.C15H23O.3Y/c1-11-8-12-9-17-14(5-2-6-15(17)19)13-4-3-7-18(20,10-11)16(12)13;1-8-7-9(2)12-10(3)13(17)18-14-16(12)11(8)5-6-15(4,19-14)20-21-16;1-10-5-6-13-15(4,16-13)8-7-12-11(10)9-14(12,2)3;;;/h12-14,16H,2-10H2,1H3;8,10-12,14H,5-7H2,1-4H3;5,11-13H,1,6-9H2,2-4H3;;;/q3*-1;;;/t12-,13+,14+,16-,18?;8-,10-,11+,12+,14-,15+,16-;11-,12-,13?,15-;;;/m011.../s1. The fraction of sp³-hybridized carbons (Fsp3) is 0.851. The number of hydroxylamine groups is 3. The Balaban J connectivity index is 0.000000149. The van der Waals surface area contributed by atoms with E-state index >= 15 is 0 Å². The Kier molecular flexibility index (Phi) is 15.8. The number of allylic oxidation sites excluding steroid dienone is 1. The smallest absolute Gasteiger partial charge is 0.308 e. The predicted octanol–water partition coefficient (Wildman–Crippen LogP) is 8.43. The molecule has 10 nitrogen and oxygen atoms in total. The van der Waals surface area contributed by atoms with Crippen LogP contribution < -0.4 is 0 Å². The van der Waals surface area contributed by atoms with E-state index in [1.165, 1.54) is 36.7 Å². The number of amides is 1. The quantitative estimate of drug-likeness (QED) is 0.0595. The molecule has 1 spiro atoms. The summed E-state index contributed by atoms with van der Waals surface area (Å²) in [5, 5.41) is 13.3. The van der Waals surface area contributed by atoms with Crippen molar-refractivity contribution in [3.05, 3.63) is 35.6 Å². The zero-order chi connectivity index (χ0) is 40.4. The molecular weight excluding hydrogens is 987 g/mol. The maximum Gasteiger partial charge on any atom is 0.308 e. The largest absolute Gasteiger partial charge is 0.634 e. The number of esters is 1. The second-order valence-electron chi connectivity index (χ2n) is 21.9. The molecule has 12 rings (SSSR count). The molecule has 0 aromatic heterocycles. The molecule has 9 aliphatic heterocycles. The molecular formula is C47H71N2O8Y3-3. The van der Waals surface area contributed by atoms with Crippen LogP contribution >= 0.6 is 0 Å². The molecule has 13 heteroatoms. The molecule has 2 bridgehead atoms. The number of carbonyl (C=O) groups is 2. The van der Waals surface area contributed by atoms with Gasteiger partial charge in [-0.2, -0.15) is 26.7 Å². The number of hydrogen-bond donors (Lipinski definition) is 0. The molecule has 60 heavy (non-hydrogen) atoms. The molecule has 16 atom stereocenters. The first-order valence-corrected chi connectivity index (χ1v) is 22.8. The van der Waals surface area contributed by atoms with Crippen molar-refractivity contribution in [2.75, 3.05) is 19.6 Å². The average molecular weight is 1060 g/mol. The third kappa shape index (κ3) is 8.80. The molecule has 3 aliphatic carbocycles. The number of hydrogen-bond acceptors (Lipinski definition) is 8. The number of carbonyl (C=O) groups excluding carboxylic acids is 2. The Labute approximate surface area is 436 Å². The van der Waals surface area contributed by atoms with Gasteiger partial charge >= 0.3 is 5.97 Å². The second kappa shape index (κ2) is 18.6. The number of ether oxygens (including phenoxy) is 3. The first kappa shape index (κ1) is 51.0.